The highest BCUT2D eigenvalue weighted by atomic mass is 31.2. The highest BCUT2D eigenvalue weighted by Gasteiger charge is 2.29. The number of phosphoric acid groups is 2. The average Bonchev–Trinajstić information content (AvgIpc) is 3.74. The maximum atomic E-state index is 12.9. The van der Waals surface area contributed by atoms with Crippen molar-refractivity contribution in [2.75, 3.05) is 39.6 Å². The lowest BCUT2D eigenvalue weighted by molar-refractivity contribution is -0.161. The monoisotopic (exact) mass is 1340 g/mol. The van der Waals surface area contributed by atoms with Crippen molar-refractivity contribution in [3.8, 4) is 0 Å². The van der Waals surface area contributed by atoms with Gasteiger partial charge in [-0.1, -0.05) is 251 Å². The summed E-state index contributed by atoms with van der Waals surface area (Å²) in [5, 5.41) is 20.6. The van der Waals surface area contributed by atoms with Crippen molar-refractivity contribution < 1.29 is 75.8 Å². The van der Waals surface area contributed by atoms with Gasteiger partial charge in [-0.25, -0.2) is 9.13 Å². The summed E-state index contributed by atoms with van der Waals surface area (Å²) in [5.74, 6) is -1.62. The summed E-state index contributed by atoms with van der Waals surface area (Å²) in [6.45, 7) is 2.33. The van der Waals surface area contributed by atoms with E-state index in [1.807, 2.05) is 0 Å². The van der Waals surface area contributed by atoms with Crippen LogP contribution in [0.4, 0.5) is 0 Å². The quantitative estimate of drug-likeness (QED) is 0.0146. The molecule has 0 aromatic rings. The zero-order valence-electron chi connectivity index (χ0n) is 57.6. The highest BCUT2D eigenvalue weighted by Crippen LogP contribution is 2.45. The molecule has 0 aromatic carbocycles. The van der Waals surface area contributed by atoms with E-state index in [2.05, 4.69) is 154 Å². The molecule has 0 aliphatic heterocycles. The van der Waals surface area contributed by atoms with Crippen molar-refractivity contribution >= 4 is 33.6 Å². The lowest BCUT2D eigenvalue weighted by Gasteiger charge is -2.21. The molecule has 0 saturated heterocycles. The summed E-state index contributed by atoms with van der Waals surface area (Å²) in [4.78, 5) is 58.4. The molecule has 0 radical (unpaired) electrons. The van der Waals surface area contributed by atoms with Crippen LogP contribution in [0.5, 0.6) is 0 Å². The lowest BCUT2D eigenvalue weighted by Crippen LogP contribution is -2.30. The molecule has 0 rings (SSSR count). The van der Waals surface area contributed by atoms with Gasteiger partial charge in [0.05, 0.1) is 26.4 Å². The fourth-order valence-electron chi connectivity index (χ4n) is 8.98. The maximum absolute atomic E-state index is 12.9. The fraction of sp³-hybridized carbons (Fsp3) is 0.667. The van der Waals surface area contributed by atoms with E-state index in [0.717, 1.165) is 180 Å². The Bertz CT molecular complexity index is 2230. The predicted octanol–water partition coefficient (Wildman–Crippen LogP) is 20.0. The molecule has 0 saturated carbocycles. The Morgan fingerprint density at radius 3 is 0.903 bits per heavy atom. The fourth-order valence-corrected chi connectivity index (χ4v) is 10.6. The van der Waals surface area contributed by atoms with E-state index in [9.17, 15) is 43.5 Å². The summed E-state index contributed by atoms with van der Waals surface area (Å²) in [6.07, 6.45) is 79.3. The first-order valence-electron chi connectivity index (χ1n) is 35.5. The van der Waals surface area contributed by atoms with Crippen molar-refractivity contribution in [3.63, 3.8) is 0 Å². The molecule has 4 N–H and O–H groups in total. The number of carbonyl (C=O) groups excluding carboxylic acids is 3. The third kappa shape index (κ3) is 68.9. The standard InChI is InChI=1S/C75H126O16P2/c1-4-7-10-13-16-19-22-25-27-29-31-32-33-34-35-36-38-40-41-44-46-49-52-55-58-61-73(78)85-64-70(76)65-87-92(81,82)88-66-71(77)67-89-93(83,84)90-69-72(91-75(80)63-60-57-54-51-48-43-24-21-18-15-12-9-6-3)68-86-74(79)62-59-56-53-50-47-45-42-39-37-30-28-26-23-20-17-14-11-8-5-2/h7-8,10-12,15-17,19-21,24-28,31-32,34-35,37,39,70-72,76-77H,4-6,9,13-14,18,22-23,29-30,33,36,38,40-69H2,1-3H3,(H,81,82)(H,83,84)/b10-7-,11-8-,15-12-,19-16-,20-17-,24-21-,27-25-,28-26-,32-31-,35-34-,39-37-. The van der Waals surface area contributed by atoms with Crippen LogP contribution in [0.3, 0.4) is 0 Å². The topological polar surface area (TPSA) is 231 Å². The molecule has 5 unspecified atom stereocenters. The Balaban J connectivity index is 4.58. The highest BCUT2D eigenvalue weighted by molar-refractivity contribution is 7.47. The van der Waals surface area contributed by atoms with E-state index >= 15 is 0 Å². The first-order valence-corrected chi connectivity index (χ1v) is 38.5. The molecule has 18 heteroatoms. The first kappa shape index (κ1) is 88.7. The summed E-state index contributed by atoms with van der Waals surface area (Å²) in [5.41, 5.74) is 0. The SMILES string of the molecule is CC/C=C\C/C=C\C/C=C\C/C=C\C/C=C\CCCCCCCCCCCC(=O)OCC(O)COP(=O)(O)OCC(O)COP(=O)(O)OCC(COC(=O)CCCCCCCC/C=C\C/C=C\C/C=C\C/C=C\CC)OC(=O)CCCCCCC/C=C\C/C=C\CCC. The second-order valence-corrected chi connectivity index (χ2v) is 26.2. The molecule has 5 atom stereocenters. The van der Waals surface area contributed by atoms with Gasteiger partial charge in [-0.05, 0) is 128 Å². The van der Waals surface area contributed by atoms with Gasteiger partial charge in [0.2, 0.25) is 0 Å². The van der Waals surface area contributed by atoms with Gasteiger partial charge < -0.3 is 34.2 Å². The molecular weight excluding hydrogens is 1220 g/mol. The molecule has 0 amide bonds. The second-order valence-electron chi connectivity index (χ2n) is 23.3. The van der Waals surface area contributed by atoms with Crippen molar-refractivity contribution in [2.45, 2.75) is 283 Å². The predicted molar refractivity (Wildman–Crippen MR) is 380 cm³/mol. The number of rotatable bonds is 66. The van der Waals surface area contributed by atoms with Gasteiger partial charge in [0.15, 0.2) is 6.10 Å². The summed E-state index contributed by atoms with van der Waals surface area (Å²) in [7, 11) is -9.79. The van der Waals surface area contributed by atoms with E-state index in [4.69, 9.17) is 32.3 Å². The van der Waals surface area contributed by atoms with E-state index in [-0.39, 0.29) is 19.3 Å². The van der Waals surface area contributed by atoms with E-state index < -0.39 is 91.5 Å². The number of carbonyl (C=O) groups is 3. The number of phosphoric ester groups is 2. The second kappa shape index (κ2) is 67.7. The van der Waals surface area contributed by atoms with Crippen LogP contribution in [0.15, 0.2) is 134 Å². The summed E-state index contributed by atoms with van der Waals surface area (Å²) < 4.78 is 60.9. The van der Waals surface area contributed by atoms with Gasteiger partial charge in [0, 0.05) is 19.3 Å². The van der Waals surface area contributed by atoms with Crippen molar-refractivity contribution in [1.29, 1.82) is 0 Å². The van der Waals surface area contributed by atoms with Gasteiger partial charge in [-0.3, -0.25) is 32.5 Å². The smallest absolute Gasteiger partial charge is 0.463 e. The van der Waals surface area contributed by atoms with Crippen molar-refractivity contribution in [1.82, 2.24) is 0 Å². The van der Waals surface area contributed by atoms with Gasteiger partial charge in [0.25, 0.3) is 0 Å². The zero-order chi connectivity index (χ0) is 68.1. The largest absolute Gasteiger partial charge is 0.472 e. The van der Waals surface area contributed by atoms with Crippen LogP contribution in [0.2, 0.25) is 0 Å². The van der Waals surface area contributed by atoms with E-state index in [0.29, 0.717) is 19.3 Å². The minimum Gasteiger partial charge on any atom is -0.463 e. The molecule has 0 aromatic heterocycles. The van der Waals surface area contributed by atoms with Crippen LogP contribution < -0.4 is 0 Å². The van der Waals surface area contributed by atoms with Crippen LogP contribution in [-0.2, 0) is 55.8 Å². The number of esters is 3. The van der Waals surface area contributed by atoms with Crippen molar-refractivity contribution in [2.24, 2.45) is 0 Å². The normalized spacial score (nSPS) is 15.0. The number of unbranched alkanes of at least 4 members (excludes halogenated alkanes) is 21. The molecule has 0 fully saturated rings. The van der Waals surface area contributed by atoms with Crippen LogP contribution in [0.1, 0.15) is 265 Å². The molecule has 532 valence electrons. The van der Waals surface area contributed by atoms with Crippen LogP contribution in [0.25, 0.3) is 0 Å². The lowest BCUT2D eigenvalue weighted by atomic mass is 10.1. The number of allylic oxidation sites excluding steroid dienone is 22. The number of aliphatic hydroxyl groups excluding tert-OH is 2. The Hall–Kier alpha value is -4.31. The minimum absolute atomic E-state index is 0.0816. The van der Waals surface area contributed by atoms with Crippen molar-refractivity contribution in [3.05, 3.63) is 134 Å². The number of hydrogen-bond donors (Lipinski definition) is 4. The van der Waals surface area contributed by atoms with Crippen LogP contribution in [0, 0.1) is 0 Å². The zero-order valence-corrected chi connectivity index (χ0v) is 59.4. The average molecular weight is 1350 g/mol. The summed E-state index contributed by atoms with van der Waals surface area (Å²) in [6, 6.07) is 0. The van der Waals surface area contributed by atoms with Crippen LogP contribution >= 0.6 is 15.6 Å². The molecule has 0 spiro atoms. The third-order valence-electron chi connectivity index (χ3n) is 14.3. The Labute approximate surface area is 563 Å². The van der Waals surface area contributed by atoms with E-state index in [1.165, 1.54) is 25.7 Å². The molecule has 93 heavy (non-hydrogen) atoms. The molecular formula is C75H126O16P2. The minimum atomic E-state index is -4.93. The Kier molecular flexibility index (Phi) is 64.5. The maximum Gasteiger partial charge on any atom is 0.472 e. The molecule has 0 aliphatic rings. The van der Waals surface area contributed by atoms with Gasteiger partial charge in [-0.2, -0.15) is 0 Å². The molecule has 16 nitrogen and oxygen atoms in total. The van der Waals surface area contributed by atoms with Gasteiger partial charge in [0.1, 0.15) is 25.4 Å². The Morgan fingerprint density at radius 1 is 0.312 bits per heavy atom. The van der Waals surface area contributed by atoms with E-state index in [1.54, 1.807) is 0 Å². The third-order valence-corrected chi connectivity index (χ3v) is 16.2. The summed E-state index contributed by atoms with van der Waals surface area (Å²) >= 11 is 0. The Morgan fingerprint density at radius 2 is 0.570 bits per heavy atom. The molecule has 0 heterocycles. The number of hydrogen-bond acceptors (Lipinski definition) is 14. The van der Waals surface area contributed by atoms with Gasteiger partial charge >= 0.3 is 33.6 Å². The number of aliphatic hydroxyl groups is 2. The molecule has 0 bridgehead atoms. The molecule has 0 aliphatic carbocycles. The first-order chi connectivity index (χ1) is 45.2. The number of ether oxygens (including phenoxy) is 3. The van der Waals surface area contributed by atoms with Crippen LogP contribution in [-0.4, -0.2) is 95.9 Å². The van der Waals surface area contributed by atoms with Gasteiger partial charge in [-0.15, -0.1) is 0 Å².